The van der Waals surface area contributed by atoms with Crippen LogP contribution in [0.2, 0.25) is 0 Å². The largest absolute Gasteiger partial charge is 0.383 e. The third kappa shape index (κ3) is 5.50. The molecule has 0 heterocycles. The summed E-state index contributed by atoms with van der Waals surface area (Å²) in [6, 6.07) is 1.34. The smallest absolute Gasteiger partial charge is 0.0615 e. The molecule has 1 aliphatic carbocycles. The van der Waals surface area contributed by atoms with Crippen molar-refractivity contribution in [1.82, 2.24) is 10.2 Å². The quantitative estimate of drug-likeness (QED) is 0.660. The van der Waals surface area contributed by atoms with Gasteiger partial charge in [0, 0.05) is 25.7 Å². The number of hydrogen-bond acceptors (Lipinski definition) is 3. The average molecular weight is 214 g/mol. The predicted octanol–water partition coefficient (Wildman–Crippen LogP) is 1.34. The Balaban J connectivity index is 2.08. The average Bonchev–Trinajstić information content (AvgIpc) is 2.98. The molecular formula is C12H26N2O. The molecule has 3 heteroatoms. The second kappa shape index (κ2) is 6.46. The molecule has 0 bridgehead atoms. The van der Waals surface area contributed by atoms with Crippen molar-refractivity contribution in [1.29, 1.82) is 0 Å². The van der Waals surface area contributed by atoms with Gasteiger partial charge in [-0.05, 0) is 39.3 Å². The lowest BCUT2D eigenvalue weighted by atomic mass is 10.1. The Kier molecular flexibility index (Phi) is 5.58. The molecule has 2 atom stereocenters. The van der Waals surface area contributed by atoms with Gasteiger partial charge in [-0.2, -0.15) is 0 Å². The normalized spacial score (nSPS) is 20.6. The summed E-state index contributed by atoms with van der Waals surface area (Å²) in [5.41, 5.74) is 0. The first-order valence-electron chi connectivity index (χ1n) is 6.06. The molecule has 1 rings (SSSR count). The number of rotatable bonds is 8. The summed E-state index contributed by atoms with van der Waals surface area (Å²) in [5, 5.41) is 3.57. The summed E-state index contributed by atoms with van der Waals surface area (Å²) >= 11 is 0. The van der Waals surface area contributed by atoms with E-state index < -0.39 is 0 Å². The van der Waals surface area contributed by atoms with Gasteiger partial charge in [-0.3, -0.25) is 0 Å². The van der Waals surface area contributed by atoms with E-state index >= 15 is 0 Å². The molecule has 0 aromatic rings. The number of likely N-dealkylation sites (N-methyl/N-ethyl adjacent to an activating group) is 1. The van der Waals surface area contributed by atoms with Crippen LogP contribution in [0, 0.1) is 5.92 Å². The fourth-order valence-corrected chi connectivity index (χ4v) is 1.76. The maximum Gasteiger partial charge on any atom is 0.0615 e. The molecule has 0 radical (unpaired) electrons. The fraction of sp³-hybridized carbons (Fsp3) is 1.00. The Labute approximate surface area is 94.2 Å². The van der Waals surface area contributed by atoms with Gasteiger partial charge in [0.2, 0.25) is 0 Å². The van der Waals surface area contributed by atoms with Crippen LogP contribution in [0.5, 0.6) is 0 Å². The highest BCUT2D eigenvalue weighted by Crippen LogP contribution is 2.18. The minimum atomic E-state index is 0.512. The van der Waals surface area contributed by atoms with E-state index in [-0.39, 0.29) is 0 Å². The third-order valence-corrected chi connectivity index (χ3v) is 3.09. The van der Waals surface area contributed by atoms with Gasteiger partial charge in [0.05, 0.1) is 6.61 Å². The monoisotopic (exact) mass is 214 g/mol. The van der Waals surface area contributed by atoms with Crippen LogP contribution in [-0.2, 0) is 4.74 Å². The Morgan fingerprint density at radius 3 is 2.60 bits per heavy atom. The Bertz CT molecular complexity index is 171. The van der Waals surface area contributed by atoms with Gasteiger partial charge in [-0.15, -0.1) is 0 Å². The summed E-state index contributed by atoms with van der Waals surface area (Å²) in [6.07, 6.45) is 2.76. The minimum Gasteiger partial charge on any atom is -0.383 e. The van der Waals surface area contributed by atoms with Crippen molar-refractivity contribution in [2.75, 3.05) is 33.9 Å². The highest BCUT2D eigenvalue weighted by molar-refractivity contribution is 4.81. The summed E-state index contributed by atoms with van der Waals surface area (Å²) in [5.74, 6) is 0.718. The molecule has 0 aromatic heterocycles. The number of hydrogen-bond donors (Lipinski definition) is 1. The SMILES string of the molecule is COCC(C)N(C)CC(C)CNC1CC1. The summed E-state index contributed by atoms with van der Waals surface area (Å²) in [7, 11) is 3.94. The summed E-state index contributed by atoms with van der Waals surface area (Å²) in [4.78, 5) is 2.38. The molecule has 2 unspecified atom stereocenters. The molecular weight excluding hydrogens is 188 g/mol. The van der Waals surface area contributed by atoms with E-state index in [1.165, 1.54) is 12.8 Å². The van der Waals surface area contributed by atoms with Crippen LogP contribution in [0.15, 0.2) is 0 Å². The van der Waals surface area contributed by atoms with Crippen molar-refractivity contribution in [3.05, 3.63) is 0 Å². The number of nitrogens with one attached hydrogen (secondary N) is 1. The van der Waals surface area contributed by atoms with Gasteiger partial charge in [0.1, 0.15) is 0 Å². The maximum atomic E-state index is 5.16. The van der Waals surface area contributed by atoms with Crippen molar-refractivity contribution in [3.63, 3.8) is 0 Å². The Morgan fingerprint density at radius 1 is 1.40 bits per heavy atom. The first-order chi connectivity index (χ1) is 7.13. The van der Waals surface area contributed by atoms with Gasteiger partial charge >= 0.3 is 0 Å². The van der Waals surface area contributed by atoms with Gasteiger partial charge in [0.25, 0.3) is 0 Å². The van der Waals surface area contributed by atoms with E-state index in [0.29, 0.717) is 6.04 Å². The zero-order chi connectivity index (χ0) is 11.3. The molecule has 1 N–H and O–H groups in total. The molecule has 1 aliphatic rings. The predicted molar refractivity (Wildman–Crippen MR) is 64.2 cm³/mol. The number of ether oxygens (including phenoxy) is 1. The van der Waals surface area contributed by atoms with Gasteiger partial charge < -0.3 is 15.0 Å². The van der Waals surface area contributed by atoms with Crippen LogP contribution >= 0.6 is 0 Å². The zero-order valence-corrected chi connectivity index (χ0v) is 10.6. The van der Waals surface area contributed by atoms with E-state index in [0.717, 1.165) is 31.7 Å². The second-order valence-corrected chi connectivity index (χ2v) is 5.03. The zero-order valence-electron chi connectivity index (χ0n) is 10.6. The van der Waals surface area contributed by atoms with Crippen LogP contribution < -0.4 is 5.32 Å². The van der Waals surface area contributed by atoms with Crippen LogP contribution in [0.4, 0.5) is 0 Å². The molecule has 0 saturated heterocycles. The first kappa shape index (κ1) is 12.9. The topological polar surface area (TPSA) is 24.5 Å². The molecule has 1 fully saturated rings. The molecule has 0 spiro atoms. The molecule has 90 valence electrons. The maximum absolute atomic E-state index is 5.16. The van der Waals surface area contributed by atoms with E-state index in [1.54, 1.807) is 7.11 Å². The first-order valence-corrected chi connectivity index (χ1v) is 6.06. The van der Waals surface area contributed by atoms with Crippen LogP contribution in [-0.4, -0.2) is 50.8 Å². The minimum absolute atomic E-state index is 0.512. The van der Waals surface area contributed by atoms with E-state index in [2.05, 4.69) is 31.1 Å². The Morgan fingerprint density at radius 2 is 2.07 bits per heavy atom. The van der Waals surface area contributed by atoms with Crippen molar-refractivity contribution in [2.45, 2.75) is 38.8 Å². The van der Waals surface area contributed by atoms with Gasteiger partial charge in [-0.25, -0.2) is 0 Å². The lowest BCUT2D eigenvalue weighted by Crippen LogP contribution is -2.38. The molecule has 15 heavy (non-hydrogen) atoms. The molecule has 0 aliphatic heterocycles. The van der Waals surface area contributed by atoms with Gasteiger partial charge in [0.15, 0.2) is 0 Å². The van der Waals surface area contributed by atoms with Crippen LogP contribution in [0.3, 0.4) is 0 Å². The standard InChI is InChI=1S/C12H26N2O/c1-10(7-13-12-5-6-12)8-14(3)11(2)9-15-4/h10-13H,5-9H2,1-4H3. The van der Waals surface area contributed by atoms with Crippen LogP contribution in [0.25, 0.3) is 0 Å². The highest BCUT2D eigenvalue weighted by Gasteiger charge is 2.21. The fourth-order valence-electron chi connectivity index (χ4n) is 1.76. The van der Waals surface area contributed by atoms with E-state index in [9.17, 15) is 0 Å². The van der Waals surface area contributed by atoms with E-state index in [1.807, 2.05) is 0 Å². The molecule has 1 saturated carbocycles. The third-order valence-electron chi connectivity index (χ3n) is 3.09. The summed E-state index contributed by atoms with van der Waals surface area (Å²) < 4.78 is 5.16. The van der Waals surface area contributed by atoms with Gasteiger partial charge in [-0.1, -0.05) is 6.92 Å². The second-order valence-electron chi connectivity index (χ2n) is 5.03. The van der Waals surface area contributed by atoms with Crippen molar-refractivity contribution < 1.29 is 4.74 Å². The van der Waals surface area contributed by atoms with Crippen LogP contribution in [0.1, 0.15) is 26.7 Å². The van der Waals surface area contributed by atoms with Crippen molar-refractivity contribution in [2.24, 2.45) is 5.92 Å². The number of nitrogens with zero attached hydrogens (tertiary/aromatic N) is 1. The van der Waals surface area contributed by atoms with Crippen molar-refractivity contribution in [3.8, 4) is 0 Å². The highest BCUT2D eigenvalue weighted by atomic mass is 16.5. The molecule has 0 amide bonds. The molecule has 3 nitrogen and oxygen atoms in total. The van der Waals surface area contributed by atoms with E-state index in [4.69, 9.17) is 4.74 Å². The lowest BCUT2D eigenvalue weighted by molar-refractivity contribution is 0.107. The molecule has 0 aromatic carbocycles. The number of methoxy groups -OCH3 is 1. The van der Waals surface area contributed by atoms with Crippen molar-refractivity contribution >= 4 is 0 Å². The lowest BCUT2D eigenvalue weighted by Gasteiger charge is -2.27. The Hall–Kier alpha value is -0.120. The summed E-state index contributed by atoms with van der Waals surface area (Å²) in [6.45, 7) is 7.63.